The SMILES string of the molecule is CCCCc1cc(C)cc(CCC(=O)OCCN2C(C)(C)CC(C)CC2(C)C)c1O. The molecular formula is C26H43NO3. The molecule has 0 bridgehead atoms. The van der Waals surface area contributed by atoms with Crippen molar-refractivity contribution in [1.82, 2.24) is 4.90 Å². The summed E-state index contributed by atoms with van der Waals surface area (Å²) in [6.07, 6.45) is 6.17. The number of piperidine rings is 1. The van der Waals surface area contributed by atoms with Crippen molar-refractivity contribution in [3.05, 3.63) is 28.8 Å². The van der Waals surface area contributed by atoms with Gasteiger partial charge >= 0.3 is 5.97 Å². The van der Waals surface area contributed by atoms with Crippen LogP contribution in [-0.2, 0) is 22.4 Å². The van der Waals surface area contributed by atoms with Gasteiger partial charge in [-0.2, -0.15) is 0 Å². The van der Waals surface area contributed by atoms with Crippen LogP contribution in [0.3, 0.4) is 0 Å². The first kappa shape index (κ1) is 24.7. The highest BCUT2D eigenvalue weighted by molar-refractivity contribution is 5.70. The van der Waals surface area contributed by atoms with Gasteiger partial charge < -0.3 is 9.84 Å². The largest absolute Gasteiger partial charge is 0.507 e. The Bertz CT molecular complexity index is 705. The van der Waals surface area contributed by atoms with Crippen LogP contribution in [-0.4, -0.2) is 40.2 Å². The number of ether oxygens (including phenoxy) is 1. The number of phenols is 1. The predicted molar refractivity (Wildman–Crippen MR) is 124 cm³/mol. The number of aryl methyl sites for hydroxylation is 3. The predicted octanol–water partition coefficient (Wildman–Crippen LogP) is 5.81. The second kappa shape index (κ2) is 10.2. The van der Waals surface area contributed by atoms with Gasteiger partial charge in [-0.25, -0.2) is 0 Å². The monoisotopic (exact) mass is 417 g/mol. The molecule has 0 unspecified atom stereocenters. The fourth-order valence-electron chi connectivity index (χ4n) is 5.67. The molecule has 4 heteroatoms. The Kier molecular flexibility index (Phi) is 8.38. The van der Waals surface area contributed by atoms with Crippen molar-refractivity contribution in [2.75, 3.05) is 13.2 Å². The summed E-state index contributed by atoms with van der Waals surface area (Å²) in [6.45, 7) is 16.9. The Labute approximate surface area is 184 Å². The van der Waals surface area contributed by atoms with Crippen molar-refractivity contribution in [3.63, 3.8) is 0 Å². The Balaban J connectivity index is 1.88. The molecule has 1 fully saturated rings. The lowest BCUT2D eigenvalue weighted by Crippen LogP contribution is -2.61. The van der Waals surface area contributed by atoms with Crippen molar-refractivity contribution < 1.29 is 14.6 Å². The van der Waals surface area contributed by atoms with Crippen LogP contribution in [0.4, 0.5) is 0 Å². The molecule has 1 aliphatic heterocycles. The number of unbranched alkanes of at least 4 members (excludes halogenated alkanes) is 1. The standard InChI is InChI=1S/C26H43NO3/c1-8-9-10-21-15-19(2)16-22(24(21)29)11-12-23(28)30-14-13-27-25(4,5)17-20(3)18-26(27,6)7/h15-16,20,29H,8-14,17-18H2,1-7H3. The first-order valence-electron chi connectivity index (χ1n) is 11.7. The van der Waals surface area contributed by atoms with Crippen LogP contribution in [0, 0.1) is 12.8 Å². The van der Waals surface area contributed by atoms with Gasteiger partial charge in [-0.1, -0.05) is 38.0 Å². The summed E-state index contributed by atoms with van der Waals surface area (Å²) in [5.74, 6) is 0.873. The minimum absolute atomic E-state index is 0.107. The summed E-state index contributed by atoms with van der Waals surface area (Å²) in [5.41, 5.74) is 3.19. The summed E-state index contributed by atoms with van der Waals surface area (Å²) in [7, 11) is 0. The number of hydrogen-bond acceptors (Lipinski definition) is 4. The van der Waals surface area contributed by atoms with E-state index < -0.39 is 0 Å². The smallest absolute Gasteiger partial charge is 0.306 e. The summed E-state index contributed by atoms with van der Waals surface area (Å²) in [5, 5.41) is 10.6. The van der Waals surface area contributed by atoms with Crippen LogP contribution in [0.2, 0.25) is 0 Å². The molecule has 170 valence electrons. The molecule has 0 atom stereocenters. The molecule has 1 N–H and O–H groups in total. The topological polar surface area (TPSA) is 49.8 Å². The molecule has 0 radical (unpaired) electrons. The Morgan fingerprint density at radius 2 is 1.70 bits per heavy atom. The highest BCUT2D eigenvalue weighted by Gasteiger charge is 2.43. The van der Waals surface area contributed by atoms with Crippen molar-refractivity contribution in [2.45, 2.75) is 104 Å². The molecule has 0 spiro atoms. The molecule has 1 saturated heterocycles. The van der Waals surface area contributed by atoms with Crippen LogP contribution < -0.4 is 0 Å². The number of phenolic OH excluding ortho intramolecular Hbond substituents is 1. The van der Waals surface area contributed by atoms with E-state index in [9.17, 15) is 9.90 Å². The summed E-state index contributed by atoms with van der Waals surface area (Å²) in [4.78, 5) is 14.9. The number of rotatable bonds is 9. The maximum atomic E-state index is 12.4. The fourth-order valence-corrected chi connectivity index (χ4v) is 5.67. The second-order valence-corrected chi connectivity index (χ2v) is 10.5. The van der Waals surface area contributed by atoms with Crippen LogP contribution in [0.5, 0.6) is 5.75 Å². The Morgan fingerprint density at radius 3 is 2.27 bits per heavy atom. The maximum absolute atomic E-state index is 12.4. The van der Waals surface area contributed by atoms with E-state index in [1.807, 2.05) is 13.0 Å². The molecule has 4 nitrogen and oxygen atoms in total. The van der Waals surface area contributed by atoms with Crippen molar-refractivity contribution in [3.8, 4) is 5.75 Å². The fraction of sp³-hybridized carbons (Fsp3) is 0.731. The van der Waals surface area contributed by atoms with Gasteiger partial charge in [0.25, 0.3) is 0 Å². The maximum Gasteiger partial charge on any atom is 0.306 e. The van der Waals surface area contributed by atoms with Crippen molar-refractivity contribution in [2.24, 2.45) is 5.92 Å². The third-order valence-electron chi connectivity index (χ3n) is 6.55. The van der Waals surface area contributed by atoms with Gasteiger partial charge in [-0.05, 0) is 83.8 Å². The van der Waals surface area contributed by atoms with Crippen LogP contribution in [0.15, 0.2) is 12.1 Å². The van der Waals surface area contributed by atoms with Crippen molar-refractivity contribution in [1.29, 1.82) is 0 Å². The average molecular weight is 418 g/mol. The van der Waals surface area contributed by atoms with Crippen LogP contribution in [0.1, 0.15) is 90.3 Å². The number of hydrogen-bond donors (Lipinski definition) is 1. The molecule has 1 aromatic rings. The minimum atomic E-state index is -0.188. The molecule has 1 aromatic carbocycles. The first-order chi connectivity index (χ1) is 14.0. The van der Waals surface area contributed by atoms with E-state index in [0.29, 0.717) is 31.1 Å². The number of carbonyl (C=O) groups is 1. The van der Waals surface area contributed by atoms with E-state index in [1.54, 1.807) is 0 Å². The lowest BCUT2D eigenvalue weighted by Gasteiger charge is -2.55. The number of likely N-dealkylation sites (tertiary alicyclic amines) is 1. The van der Waals surface area contributed by atoms with E-state index in [4.69, 9.17) is 4.74 Å². The average Bonchev–Trinajstić information content (AvgIpc) is 2.61. The summed E-state index contributed by atoms with van der Waals surface area (Å²) < 4.78 is 5.58. The van der Waals surface area contributed by atoms with Crippen LogP contribution >= 0.6 is 0 Å². The molecule has 1 heterocycles. The zero-order valence-corrected chi connectivity index (χ0v) is 20.3. The lowest BCUT2D eigenvalue weighted by molar-refractivity contribution is -0.146. The number of benzene rings is 1. The second-order valence-electron chi connectivity index (χ2n) is 10.5. The molecule has 30 heavy (non-hydrogen) atoms. The van der Waals surface area contributed by atoms with Gasteiger partial charge in [-0.3, -0.25) is 9.69 Å². The van der Waals surface area contributed by atoms with E-state index in [1.165, 1.54) is 0 Å². The number of aromatic hydroxyl groups is 1. The summed E-state index contributed by atoms with van der Waals surface area (Å²) >= 11 is 0. The molecule has 2 rings (SSSR count). The molecular weight excluding hydrogens is 374 g/mol. The normalized spacial score (nSPS) is 19.0. The third kappa shape index (κ3) is 6.47. The van der Waals surface area contributed by atoms with Gasteiger partial charge in [0, 0.05) is 24.0 Å². The highest BCUT2D eigenvalue weighted by atomic mass is 16.5. The van der Waals surface area contributed by atoms with E-state index in [0.717, 1.165) is 55.3 Å². The van der Waals surface area contributed by atoms with Crippen molar-refractivity contribution >= 4 is 5.97 Å². The van der Waals surface area contributed by atoms with E-state index in [2.05, 4.69) is 52.5 Å². The third-order valence-corrected chi connectivity index (χ3v) is 6.55. The molecule has 1 aliphatic rings. The lowest BCUT2D eigenvalue weighted by atomic mass is 9.74. The van der Waals surface area contributed by atoms with E-state index >= 15 is 0 Å². The molecule has 0 aromatic heterocycles. The Hall–Kier alpha value is -1.55. The molecule has 0 amide bonds. The van der Waals surface area contributed by atoms with Gasteiger partial charge in [0.1, 0.15) is 12.4 Å². The summed E-state index contributed by atoms with van der Waals surface area (Å²) in [6, 6.07) is 4.04. The zero-order chi connectivity index (χ0) is 22.5. The Morgan fingerprint density at radius 1 is 1.13 bits per heavy atom. The van der Waals surface area contributed by atoms with Gasteiger partial charge in [0.15, 0.2) is 0 Å². The molecule has 0 aliphatic carbocycles. The van der Waals surface area contributed by atoms with Gasteiger partial charge in [0.05, 0.1) is 0 Å². The van der Waals surface area contributed by atoms with Gasteiger partial charge in [0.2, 0.25) is 0 Å². The first-order valence-corrected chi connectivity index (χ1v) is 11.7. The number of carbonyl (C=O) groups excluding carboxylic acids is 1. The number of nitrogens with zero attached hydrogens (tertiary/aromatic N) is 1. The zero-order valence-electron chi connectivity index (χ0n) is 20.3. The highest BCUT2D eigenvalue weighted by Crippen LogP contribution is 2.40. The minimum Gasteiger partial charge on any atom is -0.507 e. The quantitative estimate of drug-likeness (QED) is 0.515. The molecule has 0 saturated carbocycles. The number of esters is 1. The van der Waals surface area contributed by atoms with Gasteiger partial charge in [-0.15, -0.1) is 0 Å². The van der Waals surface area contributed by atoms with Crippen LogP contribution in [0.25, 0.3) is 0 Å². The van der Waals surface area contributed by atoms with E-state index in [-0.39, 0.29) is 17.0 Å².